The molecule has 2 aromatic heterocycles. The van der Waals surface area contributed by atoms with Crippen LogP contribution in [-0.2, 0) is 16.6 Å². The monoisotopic (exact) mass is 433 g/mol. The van der Waals surface area contributed by atoms with Crippen molar-refractivity contribution in [2.45, 2.75) is 25.3 Å². The molecule has 0 aliphatic carbocycles. The van der Waals surface area contributed by atoms with Crippen LogP contribution < -0.4 is 4.72 Å². The maximum absolute atomic E-state index is 13.0. The quantitative estimate of drug-likeness (QED) is 0.513. The van der Waals surface area contributed by atoms with E-state index in [1.807, 2.05) is 31.2 Å². The number of benzene rings is 2. The van der Waals surface area contributed by atoms with Gasteiger partial charge in [0.2, 0.25) is 0 Å². The lowest BCUT2D eigenvalue weighted by Crippen LogP contribution is -2.15. The van der Waals surface area contributed by atoms with Crippen molar-refractivity contribution in [2.75, 3.05) is 4.72 Å². The molecular formula is C18H16ClN5O2S2. The van der Waals surface area contributed by atoms with Crippen molar-refractivity contribution in [1.29, 1.82) is 0 Å². The molecule has 7 nitrogen and oxygen atoms in total. The Labute approximate surface area is 171 Å². The van der Waals surface area contributed by atoms with Crippen LogP contribution in [0.1, 0.15) is 17.0 Å². The second kappa shape index (κ2) is 7.16. The molecule has 0 bridgehead atoms. The molecule has 0 unspecified atom stereocenters. The summed E-state index contributed by atoms with van der Waals surface area (Å²) in [5.74, 6) is 0. The third kappa shape index (κ3) is 3.48. The molecule has 0 aliphatic heterocycles. The number of nitrogens with zero attached hydrogens (tertiary/aromatic N) is 4. The fraction of sp³-hybridized carbons (Fsp3) is 0.167. The molecular weight excluding hydrogens is 418 g/mol. The number of aromatic nitrogens is 4. The Morgan fingerprint density at radius 2 is 1.86 bits per heavy atom. The van der Waals surface area contributed by atoms with Gasteiger partial charge in [-0.25, -0.2) is 8.42 Å². The first kappa shape index (κ1) is 18.9. The summed E-state index contributed by atoms with van der Waals surface area (Å²) in [6.45, 7) is 4.12. The third-order valence-electron chi connectivity index (χ3n) is 4.40. The molecule has 0 spiro atoms. The maximum Gasteiger partial charge on any atom is 0.264 e. The highest BCUT2D eigenvalue weighted by molar-refractivity contribution is 7.93. The zero-order chi connectivity index (χ0) is 19.9. The molecule has 144 valence electrons. The zero-order valence-electron chi connectivity index (χ0n) is 15.0. The first-order valence-corrected chi connectivity index (χ1v) is 11.0. The molecule has 4 rings (SSSR count). The van der Waals surface area contributed by atoms with E-state index in [4.69, 9.17) is 11.6 Å². The van der Waals surface area contributed by atoms with Crippen LogP contribution in [0.15, 0.2) is 47.4 Å². The van der Waals surface area contributed by atoms with E-state index in [0.29, 0.717) is 34.0 Å². The molecule has 4 aromatic rings. The largest absolute Gasteiger partial charge is 0.276 e. The van der Waals surface area contributed by atoms with Crippen molar-refractivity contribution in [1.82, 2.24) is 18.5 Å². The second-order valence-electron chi connectivity index (χ2n) is 6.32. The van der Waals surface area contributed by atoms with Crippen molar-refractivity contribution in [3.05, 3.63) is 64.4 Å². The van der Waals surface area contributed by atoms with Crippen molar-refractivity contribution < 1.29 is 8.42 Å². The van der Waals surface area contributed by atoms with E-state index in [2.05, 4.69) is 18.6 Å². The minimum atomic E-state index is -3.84. The fourth-order valence-corrected chi connectivity index (χ4v) is 5.02. The number of hydrogen-bond donors (Lipinski definition) is 1. The van der Waals surface area contributed by atoms with E-state index >= 15 is 0 Å². The van der Waals surface area contributed by atoms with Crippen LogP contribution in [-0.4, -0.2) is 26.9 Å². The van der Waals surface area contributed by atoms with Crippen molar-refractivity contribution >= 4 is 50.1 Å². The molecule has 28 heavy (non-hydrogen) atoms. The number of hydrogen-bond acceptors (Lipinski definition) is 6. The lowest BCUT2D eigenvalue weighted by atomic mass is 10.2. The molecule has 0 aliphatic rings. The average Bonchev–Trinajstić information content (AvgIpc) is 3.24. The van der Waals surface area contributed by atoms with Crippen LogP contribution in [0.4, 0.5) is 5.69 Å². The predicted octanol–water partition coefficient (Wildman–Crippen LogP) is 4.01. The molecule has 0 atom stereocenters. The van der Waals surface area contributed by atoms with Crippen LogP contribution in [0.5, 0.6) is 0 Å². The Morgan fingerprint density at radius 3 is 2.61 bits per heavy atom. The summed E-state index contributed by atoms with van der Waals surface area (Å²) >= 11 is 6.92. The van der Waals surface area contributed by atoms with Crippen LogP contribution in [0.2, 0.25) is 5.02 Å². The summed E-state index contributed by atoms with van der Waals surface area (Å²) < 4.78 is 38.7. The van der Waals surface area contributed by atoms with E-state index in [1.165, 1.54) is 6.07 Å². The van der Waals surface area contributed by atoms with E-state index < -0.39 is 10.0 Å². The first-order valence-electron chi connectivity index (χ1n) is 8.38. The highest BCUT2D eigenvalue weighted by Gasteiger charge is 2.23. The van der Waals surface area contributed by atoms with Gasteiger partial charge in [0.1, 0.15) is 15.9 Å². The molecule has 2 aromatic carbocycles. The van der Waals surface area contributed by atoms with Gasteiger partial charge >= 0.3 is 0 Å². The van der Waals surface area contributed by atoms with Gasteiger partial charge in [-0.3, -0.25) is 9.40 Å². The summed E-state index contributed by atoms with van der Waals surface area (Å²) in [6, 6.07) is 12.4. The summed E-state index contributed by atoms with van der Waals surface area (Å²) in [5.41, 5.74) is 3.72. The summed E-state index contributed by atoms with van der Waals surface area (Å²) in [5, 5.41) is 5.15. The number of nitrogens with one attached hydrogen (secondary N) is 1. The number of rotatable bonds is 5. The normalized spacial score (nSPS) is 11.8. The lowest BCUT2D eigenvalue weighted by molar-refractivity contribution is 0.602. The van der Waals surface area contributed by atoms with Gasteiger partial charge in [-0.05, 0) is 43.7 Å². The van der Waals surface area contributed by atoms with Crippen LogP contribution >= 0.6 is 23.3 Å². The van der Waals surface area contributed by atoms with Crippen molar-refractivity contribution in [3.8, 4) is 0 Å². The number of anilines is 1. The van der Waals surface area contributed by atoms with Gasteiger partial charge in [-0.15, -0.1) is 0 Å². The summed E-state index contributed by atoms with van der Waals surface area (Å²) in [6.07, 6.45) is 0. The molecule has 0 saturated carbocycles. The van der Waals surface area contributed by atoms with E-state index in [0.717, 1.165) is 23.0 Å². The number of sulfonamides is 1. The van der Waals surface area contributed by atoms with E-state index in [1.54, 1.807) is 23.7 Å². The van der Waals surface area contributed by atoms with Crippen LogP contribution in [0.3, 0.4) is 0 Å². The zero-order valence-corrected chi connectivity index (χ0v) is 17.4. The standard InChI is InChI=1S/C18H16ClN5O2S2/c1-11-17(12(2)24(20-11)10-13-6-8-14(19)9-7-13)23-28(25,26)16-5-3-4-15-18(16)22-27-21-15/h3-9,23H,10H2,1-2H3. The Hall–Kier alpha value is -2.49. The molecule has 1 N–H and O–H groups in total. The topological polar surface area (TPSA) is 89.8 Å². The SMILES string of the molecule is Cc1nn(Cc2ccc(Cl)cc2)c(C)c1NS(=O)(=O)c1cccc2nsnc12. The van der Waals surface area contributed by atoms with Crippen LogP contribution in [0, 0.1) is 13.8 Å². The van der Waals surface area contributed by atoms with E-state index in [-0.39, 0.29) is 4.90 Å². The van der Waals surface area contributed by atoms with Crippen molar-refractivity contribution in [2.24, 2.45) is 0 Å². The molecule has 2 heterocycles. The van der Waals surface area contributed by atoms with Gasteiger partial charge in [0.05, 0.1) is 35.3 Å². The smallest absolute Gasteiger partial charge is 0.264 e. The molecule has 0 radical (unpaired) electrons. The summed E-state index contributed by atoms with van der Waals surface area (Å²) in [4.78, 5) is 0.100. The Kier molecular flexibility index (Phi) is 4.82. The third-order valence-corrected chi connectivity index (χ3v) is 6.58. The average molecular weight is 434 g/mol. The molecule has 10 heteroatoms. The highest BCUT2D eigenvalue weighted by Crippen LogP contribution is 2.27. The molecule has 0 fully saturated rings. The van der Waals surface area contributed by atoms with Crippen molar-refractivity contribution in [3.63, 3.8) is 0 Å². The van der Waals surface area contributed by atoms with E-state index in [9.17, 15) is 8.42 Å². The molecule has 0 saturated heterocycles. The number of aryl methyl sites for hydroxylation is 1. The second-order valence-corrected chi connectivity index (χ2v) is 8.94. The number of halogens is 1. The van der Waals surface area contributed by atoms with Gasteiger partial charge in [-0.1, -0.05) is 29.8 Å². The van der Waals surface area contributed by atoms with Crippen LogP contribution in [0.25, 0.3) is 11.0 Å². The van der Waals surface area contributed by atoms with Gasteiger partial charge < -0.3 is 0 Å². The number of fused-ring (bicyclic) bond motifs is 1. The van der Waals surface area contributed by atoms with Gasteiger partial charge in [0.25, 0.3) is 10.0 Å². The lowest BCUT2D eigenvalue weighted by Gasteiger charge is -2.09. The first-order chi connectivity index (χ1) is 13.3. The van der Waals surface area contributed by atoms with Gasteiger partial charge in [0, 0.05) is 5.02 Å². The highest BCUT2D eigenvalue weighted by atomic mass is 35.5. The predicted molar refractivity (Wildman–Crippen MR) is 110 cm³/mol. The van der Waals surface area contributed by atoms with Gasteiger partial charge in [-0.2, -0.15) is 13.8 Å². The fourth-order valence-electron chi connectivity index (χ4n) is 2.95. The Balaban J connectivity index is 1.67. The maximum atomic E-state index is 13.0. The molecule has 0 amide bonds. The minimum absolute atomic E-state index is 0.100. The Bertz CT molecular complexity index is 1260. The Morgan fingerprint density at radius 1 is 1.11 bits per heavy atom. The summed E-state index contributed by atoms with van der Waals surface area (Å²) in [7, 11) is -3.84. The minimum Gasteiger partial charge on any atom is -0.276 e. The van der Waals surface area contributed by atoms with Gasteiger partial charge in [0.15, 0.2) is 0 Å².